The van der Waals surface area contributed by atoms with Crippen molar-refractivity contribution in [2.45, 2.75) is 12.8 Å². The van der Waals surface area contributed by atoms with Gasteiger partial charge in [0.1, 0.15) is 11.6 Å². The quantitative estimate of drug-likeness (QED) is 0.620. The summed E-state index contributed by atoms with van der Waals surface area (Å²) >= 11 is 0. The smallest absolute Gasteiger partial charge is 0.232 e. The van der Waals surface area contributed by atoms with Crippen molar-refractivity contribution in [1.82, 2.24) is 4.90 Å². The molecule has 1 fully saturated rings. The fourth-order valence-corrected chi connectivity index (χ4v) is 4.64. The largest absolute Gasteiger partial charge is 0.497 e. The molecule has 0 N–H and O–H groups in total. The first-order chi connectivity index (χ1) is 14.8. The SMILES string of the molecule is COc1ccc(N(CCCC(=O)N2CCN(c3ccccc3F)CC2)S(C)(=O)=O)cc1. The van der Waals surface area contributed by atoms with E-state index >= 15 is 0 Å². The second-order valence-corrected chi connectivity index (χ2v) is 9.36. The molecule has 3 rings (SSSR count). The maximum absolute atomic E-state index is 14.0. The zero-order valence-corrected chi connectivity index (χ0v) is 18.6. The molecule has 1 amide bonds. The van der Waals surface area contributed by atoms with Crippen LogP contribution in [0.5, 0.6) is 5.75 Å². The highest BCUT2D eigenvalue weighted by Crippen LogP contribution is 2.23. The zero-order valence-electron chi connectivity index (χ0n) is 17.8. The molecule has 1 aliphatic heterocycles. The third-order valence-corrected chi connectivity index (χ3v) is 6.53. The van der Waals surface area contributed by atoms with Crippen LogP contribution in [0.2, 0.25) is 0 Å². The van der Waals surface area contributed by atoms with Crippen LogP contribution in [0.1, 0.15) is 12.8 Å². The van der Waals surface area contributed by atoms with Crippen LogP contribution < -0.4 is 13.9 Å². The van der Waals surface area contributed by atoms with Gasteiger partial charge in [0, 0.05) is 39.1 Å². The molecule has 168 valence electrons. The average molecular weight is 450 g/mol. The molecule has 2 aromatic carbocycles. The third-order valence-electron chi connectivity index (χ3n) is 5.34. The molecule has 0 unspecified atom stereocenters. The van der Waals surface area contributed by atoms with E-state index in [-0.39, 0.29) is 24.7 Å². The predicted octanol–water partition coefficient (Wildman–Crippen LogP) is 2.73. The number of hydrogen-bond acceptors (Lipinski definition) is 5. The van der Waals surface area contributed by atoms with E-state index in [1.54, 1.807) is 54.5 Å². The van der Waals surface area contributed by atoms with Gasteiger partial charge in [0.2, 0.25) is 15.9 Å². The summed E-state index contributed by atoms with van der Waals surface area (Å²) in [5, 5.41) is 0. The summed E-state index contributed by atoms with van der Waals surface area (Å²) in [5.41, 5.74) is 1.09. The van der Waals surface area contributed by atoms with E-state index < -0.39 is 10.0 Å². The van der Waals surface area contributed by atoms with E-state index in [0.29, 0.717) is 49.7 Å². The maximum atomic E-state index is 14.0. The van der Waals surface area contributed by atoms with Crippen molar-refractivity contribution in [2.24, 2.45) is 0 Å². The highest BCUT2D eigenvalue weighted by molar-refractivity contribution is 7.92. The van der Waals surface area contributed by atoms with Gasteiger partial charge >= 0.3 is 0 Å². The molecule has 9 heteroatoms. The first-order valence-corrected chi connectivity index (χ1v) is 12.0. The van der Waals surface area contributed by atoms with Crippen molar-refractivity contribution in [3.63, 3.8) is 0 Å². The second-order valence-electron chi connectivity index (χ2n) is 7.46. The Morgan fingerprint density at radius 2 is 1.71 bits per heavy atom. The molecule has 0 aliphatic carbocycles. The summed E-state index contributed by atoms with van der Waals surface area (Å²) in [5.74, 6) is 0.361. The molecule has 0 radical (unpaired) electrons. The van der Waals surface area contributed by atoms with Gasteiger partial charge < -0.3 is 14.5 Å². The van der Waals surface area contributed by atoms with Crippen LogP contribution in [0.3, 0.4) is 0 Å². The van der Waals surface area contributed by atoms with E-state index in [0.717, 1.165) is 6.26 Å². The number of amides is 1. The number of sulfonamides is 1. The van der Waals surface area contributed by atoms with Crippen molar-refractivity contribution in [2.75, 3.05) is 55.3 Å². The van der Waals surface area contributed by atoms with Crippen LogP contribution in [0.4, 0.5) is 15.8 Å². The Morgan fingerprint density at radius 1 is 1.06 bits per heavy atom. The van der Waals surface area contributed by atoms with Crippen LogP contribution in [0.15, 0.2) is 48.5 Å². The first-order valence-electron chi connectivity index (χ1n) is 10.2. The second kappa shape index (κ2) is 10.00. The Labute approximate surface area is 183 Å². The van der Waals surface area contributed by atoms with Crippen LogP contribution in [-0.4, -0.2) is 65.3 Å². The van der Waals surface area contributed by atoms with E-state index in [1.165, 1.54) is 10.4 Å². The number of carbonyl (C=O) groups is 1. The third kappa shape index (κ3) is 5.88. The lowest BCUT2D eigenvalue weighted by Gasteiger charge is -2.36. The fraction of sp³-hybridized carbons (Fsp3) is 0.409. The Kier molecular flexibility index (Phi) is 7.37. The molecule has 2 aromatic rings. The monoisotopic (exact) mass is 449 g/mol. The number of nitrogens with zero attached hydrogens (tertiary/aromatic N) is 3. The van der Waals surface area contributed by atoms with Gasteiger partial charge in [0.15, 0.2) is 0 Å². The molecule has 0 spiro atoms. The van der Waals surface area contributed by atoms with E-state index in [9.17, 15) is 17.6 Å². The molecule has 0 atom stereocenters. The van der Waals surface area contributed by atoms with Crippen molar-refractivity contribution in [1.29, 1.82) is 0 Å². The van der Waals surface area contributed by atoms with Crippen molar-refractivity contribution >= 4 is 27.3 Å². The molecular weight excluding hydrogens is 421 g/mol. The van der Waals surface area contributed by atoms with E-state index in [1.807, 2.05) is 4.90 Å². The van der Waals surface area contributed by atoms with E-state index in [2.05, 4.69) is 0 Å². The number of anilines is 2. The van der Waals surface area contributed by atoms with Crippen LogP contribution in [0.25, 0.3) is 0 Å². The van der Waals surface area contributed by atoms with Gasteiger partial charge in [-0.25, -0.2) is 12.8 Å². The molecule has 31 heavy (non-hydrogen) atoms. The number of para-hydroxylation sites is 1. The number of piperazine rings is 1. The van der Waals surface area contributed by atoms with Gasteiger partial charge in [0.25, 0.3) is 0 Å². The summed E-state index contributed by atoms with van der Waals surface area (Å²) in [6, 6.07) is 13.4. The minimum absolute atomic E-state index is 0.0173. The Hall–Kier alpha value is -2.81. The molecule has 0 aromatic heterocycles. The topological polar surface area (TPSA) is 70.2 Å². The highest BCUT2D eigenvalue weighted by Gasteiger charge is 2.23. The summed E-state index contributed by atoms with van der Waals surface area (Å²) in [6.07, 6.45) is 1.81. The lowest BCUT2D eigenvalue weighted by molar-refractivity contribution is -0.131. The van der Waals surface area contributed by atoms with Gasteiger partial charge in [-0.2, -0.15) is 0 Å². The highest BCUT2D eigenvalue weighted by atomic mass is 32.2. The zero-order chi connectivity index (χ0) is 22.4. The molecule has 1 aliphatic rings. The number of carbonyl (C=O) groups excluding carboxylic acids is 1. The van der Waals surface area contributed by atoms with Gasteiger partial charge in [-0.05, 0) is 42.8 Å². The number of halogens is 1. The maximum Gasteiger partial charge on any atom is 0.232 e. The standard InChI is InChI=1S/C22H28FN3O4S/c1-30-19-11-9-18(10-12-19)26(31(2,28)29)13-5-8-22(27)25-16-14-24(15-17-25)21-7-4-3-6-20(21)23/h3-4,6-7,9-12H,5,8,13-17H2,1-2H3. The van der Waals surface area contributed by atoms with Crippen molar-refractivity contribution in [3.8, 4) is 5.75 Å². The summed E-state index contributed by atoms with van der Waals surface area (Å²) in [7, 11) is -1.93. The number of ether oxygens (including phenoxy) is 1. The Morgan fingerprint density at radius 3 is 2.29 bits per heavy atom. The summed E-state index contributed by atoms with van der Waals surface area (Å²) in [4.78, 5) is 16.3. The van der Waals surface area contributed by atoms with Crippen LogP contribution in [-0.2, 0) is 14.8 Å². The minimum Gasteiger partial charge on any atom is -0.497 e. The van der Waals surface area contributed by atoms with E-state index in [4.69, 9.17) is 4.74 Å². The van der Waals surface area contributed by atoms with Gasteiger partial charge in [-0.3, -0.25) is 9.10 Å². The lowest BCUT2D eigenvalue weighted by Crippen LogP contribution is -2.49. The molecule has 0 bridgehead atoms. The predicted molar refractivity (Wildman–Crippen MR) is 120 cm³/mol. The average Bonchev–Trinajstić information content (AvgIpc) is 2.76. The van der Waals surface area contributed by atoms with Gasteiger partial charge in [0.05, 0.1) is 24.7 Å². The Balaban J connectivity index is 1.52. The van der Waals surface area contributed by atoms with Crippen molar-refractivity contribution in [3.05, 3.63) is 54.3 Å². The fourth-order valence-electron chi connectivity index (χ4n) is 3.67. The molecule has 1 saturated heterocycles. The van der Waals surface area contributed by atoms with Crippen molar-refractivity contribution < 1.29 is 22.3 Å². The minimum atomic E-state index is -3.48. The van der Waals surface area contributed by atoms with Crippen LogP contribution >= 0.6 is 0 Å². The molecule has 1 heterocycles. The van der Waals surface area contributed by atoms with Gasteiger partial charge in [-0.15, -0.1) is 0 Å². The summed E-state index contributed by atoms with van der Waals surface area (Å²) in [6.45, 7) is 2.37. The normalized spacial score (nSPS) is 14.4. The first kappa shape index (κ1) is 22.9. The number of hydrogen-bond donors (Lipinski definition) is 0. The van der Waals surface area contributed by atoms with Crippen LogP contribution in [0, 0.1) is 5.82 Å². The molecular formula is C22H28FN3O4S. The molecule has 0 saturated carbocycles. The number of methoxy groups -OCH3 is 1. The number of benzene rings is 2. The molecule has 7 nitrogen and oxygen atoms in total. The summed E-state index contributed by atoms with van der Waals surface area (Å²) < 4.78 is 44.8. The van der Waals surface area contributed by atoms with Gasteiger partial charge in [-0.1, -0.05) is 12.1 Å². The number of rotatable bonds is 8. The lowest BCUT2D eigenvalue weighted by atomic mass is 10.2. The Bertz CT molecular complexity index is 990.